The number of aromatic nitrogens is 1. The maximum atomic E-state index is 12.0. The van der Waals surface area contributed by atoms with Crippen LogP contribution in [0, 0.1) is 0 Å². The van der Waals surface area contributed by atoms with Crippen LogP contribution in [0.3, 0.4) is 0 Å². The van der Waals surface area contributed by atoms with E-state index < -0.39 is 20.4 Å². The maximum Gasteiger partial charge on any atom is 0.503 e. The normalized spacial score (nSPS) is 12.9. The van der Waals surface area contributed by atoms with Gasteiger partial charge in [0.25, 0.3) is 9.84 Å². The minimum atomic E-state index is -5.36. The van der Waals surface area contributed by atoms with Crippen molar-refractivity contribution < 1.29 is 21.6 Å². The van der Waals surface area contributed by atoms with E-state index in [1.807, 2.05) is 0 Å². The van der Waals surface area contributed by atoms with E-state index in [1.54, 1.807) is 0 Å². The van der Waals surface area contributed by atoms with Crippen LogP contribution in [0.15, 0.2) is 23.4 Å². The molecule has 0 saturated carbocycles. The SMILES string of the molecule is O=S(=O)(c1ccc(Cl)cn1)C(F)(F)F. The van der Waals surface area contributed by atoms with Crippen molar-refractivity contribution in [2.75, 3.05) is 0 Å². The van der Waals surface area contributed by atoms with E-state index in [9.17, 15) is 21.6 Å². The average Bonchev–Trinajstić information content (AvgIpc) is 2.03. The lowest BCUT2D eigenvalue weighted by Gasteiger charge is -2.06. The second kappa shape index (κ2) is 3.39. The second-order valence-corrected chi connectivity index (χ2v) is 4.59. The van der Waals surface area contributed by atoms with Gasteiger partial charge in [-0.3, -0.25) is 0 Å². The van der Waals surface area contributed by atoms with Crippen molar-refractivity contribution in [2.45, 2.75) is 10.5 Å². The van der Waals surface area contributed by atoms with Gasteiger partial charge < -0.3 is 0 Å². The summed E-state index contributed by atoms with van der Waals surface area (Å²) in [4.78, 5) is 3.08. The third-order valence-electron chi connectivity index (χ3n) is 1.28. The molecule has 0 aliphatic rings. The van der Waals surface area contributed by atoms with Crippen molar-refractivity contribution in [1.82, 2.24) is 4.98 Å². The van der Waals surface area contributed by atoms with Crippen LogP contribution in [-0.2, 0) is 9.84 Å². The van der Waals surface area contributed by atoms with Gasteiger partial charge in [0.05, 0.1) is 5.02 Å². The molecule has 0 aliphatic carbocycles. The van der Waals surface area contributed by atoms with Gasteiger partial charge in [0.1, 0.15) is 0 Å². The number of alkyl halides is 3. The molecule has 3 nitrogen and oxygen atoms in total. The third-order valence-corrected chi connectivity index (χ3v) is 2.91. The minimum absolute atomic E-state index is 0.0612. The number of hydrogen-bond donors (Lipinski definition) is 0. The quantitative estimate of drug-likeness (QED) is 0.761. The van der Waals surface area contributed by atoms with Gasteiger partial charge in [-0.1, -0.05) is 11.6 Å². The molecule has 1 aromatic rings. The molecular formula is C6H3ClF3NO2S. The zero-order valence-corrected chi connectivity index (χ0v) is 7.99. The lowest BCUT2D eigenvalue weighted by Crippen LogP contribution is -2.24. The molecule has 1 heterocycles. The molecule has 0 aromatic carbocycles. The van der Waals surface area contributed by atoms with E-state index in [4.69, 9.17) is 11.6 Å². The Kier molecular flexibility index (Phi) is 2.73. The molecule has 1 aromatic heterocycles. The number of sulfone groups is 1. The smallest absolute Gasteiger partial charge is 0.243 e. The molecular weight excluding hydrogens is 243 g/mol. The third kappa shape index (κ3) is 1.98. The van der Waals surface area contributed by atoms with Gasteiger partial charge in [0, 0.05) is 6.20 Å². The second-order valence-electron chi connectivity index (χ2n) is 2.26. The van der Waals surface area contributed by atoms with Gasteiger partial charge >= 0.3 is 5.51 Å². The average molecular weight is 246 g/mol. The zero-order chi connectivity index (χ0) is 11.0. The van der Waals surface area contributed by atoms with Crippen molar-refractivity contribution in [1.29, 1.82) is 0 Å². The summed E-state index contributed by atoms with van der Waals surface area (Å²) in [6.07, 6.45) is 0.834. The Hall–Kier alpha value is -0.820. The van der Waals surface area contributed by atoms with E-state index in [0.29, 0.717) is 6.07 Å². The first-order valence-corrected chi connectivity index (χ1v) is 5.04. The molecule has 0 spiro atoms. The Labute approximate surface area is 82.4 Å². The summed E-state index contributed by atoms with van der Waals surface area (Å²) in [6, 6.07) is 1.72. The van der Waals surface area contributed by atoms with Crippen molar-refractivity contribution in [3.63, 3.8) is 0 Å². The fourth-order valence-electron chi connectivity index (χ4n) is 0.640. The largest absolute Gasteiger partial charge is 0.503 e. The van der Waals surface area contributed by atoms with Gasteiger partial charge in [0.15, 0.2) is 5.03 Å². The Balaban J connectivity index is 3.25. The summed E-state index contributed by atoms with van der Waals surface area (Å²) >= 11 is 5.34. The summed E-state index contributed by atoms with van der Waals surface area (Å²) < 4.78 is 57.3. The highest BCUT2D eigenvalue weighted by atomic mass is 35.5. The summed E-state index contributed by atoms with van der Waals surface area (Å²) in [6.45, 7) is 0. The molecule has 0 saturated heterocycles. The van der Waals surface area contributed by atoms with Crippen LogP contribution in [0.1, 0.15) is 0 Å². The van der Waals surface area contributed by atoms with E-state index in [1.165, 1.54) is 0 Å². The number of halogens is 4. The molecule has 14 heavy (non-hydrogen) atoms. The summed E-state index contributed by atoms with van der Waals surface area (Å²) in [5.74, 6) is 0. The summed E-state index contributed by atoms with van der Waals surface area (Å²) in [7, 11) is -5.36. The minimum Gasteiger partial charge on any atom is -0.243 e. The predicted molar refractivity (Wildman–Crippen MR) is 42.5 cm³/mol. The molecule has 0 amide bonds. The van der Waals surface area contributed by atoms with Gasteiger partial charge in [-0.25, -0.2) is 13.4 Å². The van der Waals surface area contributed by atoms with E-state index >= 15 is 0 Å². The first-order valence-electron chi connectivity index (χ1n) is 3.18. The van der Waals surface area contributed by atoms with Crippen LogP contribution < -0.4 is 0 Å². The number of rotatable bonds is 1. The monoisotopic (exact) mass is 245 g/mol. The van der Waals surface area contributed by atoms with Crippen LogP contribution in [0.4, 0.5) is 13.2 Å². The standard InChI is InChI=1S/C6H3ClF3NO2S/c7-4-1-2-5(11-3-4)14(12,13)6(8,9)10/h1-3H. The van der Waals surface area contributed by atoms with Gasteiger partial charge in [-0.05, 0) is 12.1 Å². The van der Waals surface area contributed by atoms with Crippen molar-refractivity contribution in [3.8, 4) is 0 Å². The van der Waals surface area contributed by atoms with Crippen molar-refractivity contribution in [3.05, 3.63) is 23.4 Å². The Morgan fingerprint density at radius 3 is 2.21 bits per heavy atom. The fraction of sp³-hybridized carbons (Fsp3) is 0.167. The van der Waals surface area contributed by atoms with Crippen molar-refractivity contribution >= 4 is 21.4 Å². The van der Waals surface area contributed by atoms with E-state index in [0.717, 1.165) is 12.3 Å². The molecule has 78 valence electrons. The van der Waals surface area contributed by atoms with Gasteiger partial charge in [-0.15, -0.1) is 0 Å². The molecule has 0 aliphatic heterocycles. The molecule has 8 heteroatoms. The zero-order valence-electron chi connectivity index (χ0n) is 6.42. The van der Waals surface area contributed by atoms with Crippen LogP contribution in [0.2, 0.25) is 5.02 Å². The number of nitrogens with zero attached hydrogens (tertiary/aromatic N) is 1. The first kappa shape index (κ1) is 11.3. The molecule has 1 rings (SSSR count). The number of pyridine rings is 1. The van der Waals surface area contributed by atoms with Crippen LogP contribution >= 0.6 is 11.6 Å². The fourth-order valence-corrected chi connectivity index (χ4v) is 1.43. The molecule has 0 atom stereocenters. The lowest BCUT2D eigenvalue weighted by atomic mass is 10.5. The highest BCUT2D eigenvalue weighted by Gasteiger charge is 2.47. The predicted octanol–water partition coefficient (Wildman–Crippen LogP) is 2.03. The van der Waals surface area contributed by atoms with Crippen LogP contribution in [0.25, 0.3) is 0 Å². The van der Waals surface area contributed by atoms with Crippen LogP contribution in [0.5, 0.6) is 0 Å². The number of hydrogen-bond acceptors (Lipinski definition) is 3. The lowest BCUT2D eigenvalue weighted by molar-refractivity contribution is -0.0438. The molecule has 0 bridgehead atoms. The Morgan fingerprint density at radius 1 is 1.29 bits per heavy atom. The molecule has 0 unspecified atom stereocenters. The Bertz CT molecular complexity index is 425. The topological polar surface area (TPSA) is 47.0 Å². The highest BCUT2D eigenvalue weighted by Crippen LogP contribution is 2.29. The van der Waals surface area contributed by atoms with Crippen molar-refractivity contribution in [2.24, 2.45) is 0 Å². The molecule has 0 radical (unpaired) electrons. The van der Waals surface area contributed by atoms with E-state index in [2.05, 4.69) is 4.98 Å². The maximum absolute atomic E-state index is 12.0. The highest BCUT2D eigenvalue weighted by molar-refractivity contribution is 7.92. The van der Waals surface area contributed by atoms with E-state index in [-0.39, 0.29) is 5.02 Å². The molecule has 0 fully saturated rings. The summed E-state index contributed by atoms with van der Waals surface area (Å²) in [5, 5.41) is -1.000. The Morgan fingerprint density at radius 2 is 1.86 bits per heavy atom. The van der Waals surface area contributed by atoms with Gasteiger partial charge in [-0.2, -0.15) is 13.2 Å². The first-order chi connectivity index (χ1) is 6.25. The van der Waals surface area contributed by atoms with Gasteiger partial charge in [0.2, 0.25) is 0 Å². The van der Waals surface area contributed by atoms with Crippen LogP contribution in [-0.4, -0.2) is 18.9 Å². The molecule has 0 N–H and O–H groups in total. The summed E-state index contributed by atoms with van der Waals surface area (Å²) in [5.41, 5.74) is -5.34.